The minimum absolute atomic E-state index is 0.250. The monoisotopic (exact) mass is 196 g/mol. The highest BCUT2D eigenvalue weighted by Gasteiger charge is 2.25. The van der Waals surface area contributed by atoms with Crippen LogP contribution in [0.3, 0.4) is 0 Å². The van der Waals surface area contributed by atoms with E-state index in [0.29, 0.717) is 0 Å². The maximum absolute atomic E-state index is 9.85. The predicted molar refractivity (Wildman–Crippen MR) is 59.4 cm³/mol. The van der Waals surface area contributed by atoms with Crippen LogP contribution in [0.1, 0.15) is 26.2 Å². The Kier molecular flexibility index (Phi) is 3.17. The summed E-state index contributed by atoms with van der Waals surface area (Å²) in [4.78, 5) is 0. The fraction of sp³-hybridized carbons (Fsp3) is 0.727. The molecule has 1 saturated carbocycles. The van der Waals surface area contributed by atoms with Crippen molar-refractivity contribution in [1.82, 2.24) is 0 Å². The van der Waals surface area contributed by atoms with E-state index in [1.54, 1.807) is 0 Å². The van der Waals surface area contributed by atoms with Crippen LogP contribution in [0.2, 0.25) is 19.6 Å². The molecule has 1 aliphatic rings. The van der Waals surface area contributed by atoms with Crippen molar-refractivity contribution in [2.75, 3.05) is 0 Å². The number of rotatable bonds is 3. The molecule has 1 nitrogen and oxygen atoms in total. The number of hydrogen-bond donors (Lipinski definition) is 1. The van der Waals surface area contributed by atoms with E-state index in [1.807, 2.05) is 6.92 Å². The van der Waals surface area contributed by atoms with Crippen molar-refractivity contribution in [2.45, 2.75) is 51.9 Å². The second-order valence-corrected chi connectivity index (χ2v) is 9.85. The molecule has 0 amide bonds. The minimum atomic E-state index is -1.36. The summed E-state index contributed by atoms with van der Waals surface area (Å²) in [5.74, 6) is 0. The molecule has 1 aliphatic carbocycles. The lowest BCUT2D eigenvalue weighted by Crippen LogP contribution is -2.31. The fourth-order valence-corrected chi connectivity index (χ4v) is 3.11. The van der Waals surface area contributed by atoms with E-state index < -0.39 is 8.07 Å². The minimum Gasteiger partial charge on any atom is -0.389 e. The smallest absolute Gasteiger partial charge is 0.0857 e. The van der Waals surface area contributed by atoms with Crippen LogP contribution in [0.4, 0.5) is 0 Å². The van der Waals surface area contributed by atoms with E-state index >= 15 is 0 Å². The molecule has 0 aliphatic heterocycles. The third-order valence-electron chi connectivity index (χ3n) is 2.34. The number of hydrogen-bond acceptors (Lipinski definition) is 1. The molecule has 0 radical (unpaired) electrons. The van der Waals surface area contributed by atoms with Gasteiger partial charge in [-0.05, 0) is 30.0 Å². The van der Waals surface area contributed by atoms with E-state index in [1.165, 1.54) is 23.6 Å². The van der Waals surface area contributed by atoms with Crippen LogP contribution in [0.25, 0.3) is 0 Å². The summed E-state index contributed by atoms with van der Waals surface area (Å²) in [6.45, 7) is 8.86. The first-order chi connectivity index (χ1) is 5.95. The van der Waals surface area contributed by atoms with Gasteiger partial charge in [-0.1, -0.05) is 26.6 Å². The van der Waals surface area contributed by atoms with Gasteiger partial charge < -0.3 is 5.11 Å². The lowest BCUT2D eigenvalue weighted by atomic mass is 10.2. The molecule has 1 fully saturated rings. The topological polar surface area (TPSA) is 20.2 Å². The third-order valence-corrected chi connectivity index (χ3v) is 4.41. The second-order valence-electron chi connectivity index (χ2n) is 4.82. The van der Waals surface area contributed by atoms with Gasteiger partial charge in [-0.3, -0.25) is 0 Å². The maximum atomic E-state index is 9.85. The second kappa shape index (κ2) is 3.83. The Bertz CT molecular complexity index is 248. The fourth-order valence-electron chi connectivity index (χ4n) is 1.35. The SMILES string of the molecule is CCC(O)C(=C=C1CC1)[Si](C)(C)C. The lowest BCUT2D eigenvalue weighted by molar-refractivity contribution is 0.213. The highest BCUT2D eigenvalue weighted by molar-refractivity contribution is 6.83. The molecule has 0 heterocycles. The molecule has 1 N–H and O–H groups in total. The summed E-state index contributed by atoms with van der Waals surface area (Å²) in [6.07, 6.45) is 2.97. The average molecular weight is 196 g/mol. The molecule has 0 aromatic rings. The first-order valence-electron chi connectivity index (χ1n) is 5.12. The van der Waals surface area contributed by atoms with Crippen molar-refractivity contribution < 1.29 is 5.11 Å². The third kappa shape index (κ3) is 3.15. The predicted octanol–water partition coefficient (Wildman–Crippen LogP) is 2.88. The van der Waals surface area contributed by atoms with Gasteiger partial charge in [-0.15, -0.1) is 5.73 Å². The van der Waals surface area contributed by atoms with Crippen molar-refractivity contribution in [3.8, 4) is 0 Å². The van der Waals surface area contributed by atoms with Gasteiger partial charge in [0.1, 0.15) is 0 Å². The van der Waals surface area contributed by atoms with Gasteiger partial charge in [0.2, 0.25) is 0 Å². The summed E-state index contributed by atoms with van der Waals surface area (Å²) >= 11 is 0. The van der Waals surface area contributed by atoms with Crippen LogP contribution in [-0.4, -0.2) is 19.3 Å². The van der Waals surface area contributed by atoms with E-state index in [0.717, 1.165) is 6.42 Å². The van der Waals surface area contributed by atoms with Crippen molar-refractivity contribution in [2.24, 2.45) is 0 Å². The van der Waals surface area contributed by atoms with Gasteiger partial charge in [-0.2, -0.15) is 0 Å². The maximum Gasteiger partial charge on any atom is 0.0857 e. The Morgan fingerprint density at radius 2 is 2.00 bits per heavy atom. The first kappa shape index (κ1) is 10.8. The molecule has 1 atom stereocenters. The Balaban J connectivity index is 2.96. The van der Waals surface area contributed by atoms with Crippen molar-refractivity contribution in [3.63, 3.8) is 0 Å². The summed E-state index contributed by atoms with van der Waals surface area (Å²) in [5, 5.41) is 11.1. The summed E-state index contributed by atoms with van der Waals surface area (Å²) in [6, 6.07) is 0. The average Bonchev–Trinajstić information content (AvgIpc) is 2.80. The molecule has 0 aromatic heterocycles. The van der Waals surface area contributed by atoms with E-state index in [4.69, 9.17) is 0 Å². The quantitative estimate of drug-likeness (QED) is 0.543. The van der Waals surface area contributed by atoms with Crippen LogP contribution in [0.15, 0.2) is 16.5 Å². The molecule has 13 heavy (non-hydrogen) atoms. The van der Waals surface area contributed by atoms with E-state index in [2.05, 4.69) is 25.4 Å². The molecule has 2 heteroatoms. The Labute approximate surface area is 82.2 Å². The number of aliphatic hydroxyl groups is 1. The molecule has 0 bridgehead atoms. The number of aliphatic hydroxyl groups excluding tert-OH is 1. The lowest BCUT2D eigenvalue weighted by Gasteiger charge is -2.22. The van der Waals surface area contributed by atoms with Crippen molar-refractivity contribution in [3.05, 3.63) is 16.5 Å². The van der Waals surface area contributed by atoms with Gasteiger partial charge in [0.25, 0.3) is 0 Å². The molecular formula is C11H20OSi. The molecule has 74 valence electrons. The zero-order valence-electron chi connectivity index (χ0n) is 9.15. The van der Waals surface area contributed by atoms with E-state index in [9.17, 15) is 5.11 Å². The molecule has 1 rings (SSSR count). The molecule has 1 unspecified atom stereocenters. The first-order valence-corrected chi connectivity index (χ1v) is 8.62. The van der Waals surface area contributed by atoms with Gasteiger partial charge in [0.15, 0.2) is 0 Å². The summed E-state index contributed by atoms with van der Waals surface area (Å²) in [7, 11) is -1.36. The zero-order chi connectivity index (χ0) is 10.1. The van der Waals surface area contributed by atoms with Gasteiger partial charge in [0, 0.05) is 0 Å². The van der Waals surface area contributed by atoms with Crippen LogP contribution in [0, 0.1) is 0 Å². The molecular weight excluding hydrogens is 176 g/mol. The molecule has 0 aromatic carbocycles. The standard InChI is InChI=1S/C11H20OSi/c1-5-10(12)11(13(2,3)4)8-9-6-7-9/h10,12H,5-7H2,1-4H3. The Morgan fingerprint density at radius 3 is 2.31 bits per heavy atom. The van der Waals surface area contributed by atoms with Crippen LogP contribution >= 0.6 is 0 Å². The van der Waals surface area contributed by atoms with E-state index in [-0.39, 0.29) is 6.10 Å². The Morgan fingerprint density at radius 1 is 1.46 bits per heavy atom. The van der Waals surface area contributed by atoms with Gasteiger partial charge in [-0.25, -0.2) is 0 Å². The summed E-state index contributed by atoms with van der Waals surface area (Å²) in [5.41, 5.74) is 4.83. The van der Waals surface area contributed by atoms with Crippen LogP contribution in [0.5, 0.6) is 0 Å². The molecule has 0 spiro atoms. The summed E-state index contributed by atoms with van der Waals surface area (Å²) < 4.78 is 0. The van der Waals surface area contributed by atoms with Gasteiger partial charge >= 0.3 is 0 Å². The largest absolute Gasteiger partial charge is 0.389 e. The highest BCUT2D eigenvalue weighted by atomic mass is 28.3. The zero-order valence-corrected chi connectivity index (χ0v) is 10.1. The highest BCUT2D eigenvalue weighted by Crippen LogP contribution is 2.29. The van der Waals surface area contributed by atoms with Crippen LogP contribution in [-0.2, 0) is 0 Å². The van der Waals surface area contributed by atoms with Crippen molar-refractivity contribution >= 4 is 8.07 Å². The Hall–Kier alpha value is -0.303. The van der Waals surface area contributed by atoms with Crippen LogP contribution < -0.4 is 0 Å². The van der Waals surface area contributed by atoms with Crippen molar-refractivity contribution in [1.29, 1.82) is 0 Å². The normalized spacial score (nSPS) is 18.1. The molecule has 0 saturated heterocycles. The van der Waals surface area contributed by atoms with Gasteiger partial charge in [0.05, 0.1) is 14.2 Å².